The van der Waals surface area contributed by atoms with Gasteiger partial charge in [-0.15, -0.1) is 0 Å². The number of carbonyl (C=O) groups excluding carboxylic acids is 3. The van der Waals surface area contributed by atoms with Gasteiger partial charge < -0.3 is 18.9 Å². The fourth-order valence-electron chi connectivity index (χ4n) is 6.32. The molecule has 52 heavy (non-hydrogen) atoms. The quantitative estimate of drug-likeness (QED) is 0.0651. The summed E-state index contributed by atoms with van der Waals surface area (Å²) >= 11 is 0. The number of alkyl halides is 3. The molecule has 3 aromatic carbocycles. The minimum Gasteiger partial charge on any atom is -0.494 e. The van der Waals surface area contributed by atoms with Crippen LogP contribution < -0.4 is 9.47 Å². The van der Waals surface area contributed by atoms with E-state index in [9.17, 15) is 27.6 Å². The lowest BCUT2D eigenvalue weighted by atomic mass is 9.84. The molecule has 0 amide bonds. The lowest BCUT2D eigenvalue weighted by Gasteiger charge is -2.26. The molecule has 1 aliphatic rings. The van der Waals surface area contributed by atoms with E-state index >= 15 is 0 Å². The SMILES string of the molecule is CCCCCCCCCCCCOc1ccc(-c2ccc(C(=O)Oc3ccc4c(c3)CCC(C(=O)OC(CC(=O)OCC)C(F)(F)F)C4)cc2)cc1. The fourth-order valence-corrected chi connectivity index (χ4v) is 6.32. The van der Waals surface area contributed by atoms with E-state index in [-0.39, 0.29) is 19.4 Å². The van der Waals surface area contributed by atoms with E-state index in [1.54, 1.807) is 30.3 Å². The van der Waals surface area contributed by atoms with Crippen molar-refractivity contribution in [3.8, 4) is 22.6 Å². The van der Waals surface area contributed by atoms with E-state index in [1.165, 1.54) is 64.7 Å². The third kappa shape index (κ3) is 13.0. The molecule has 1 aliphatic carbocycles. The first-order chi connectivity index (χ1) is 25.1. The number of fused-ring (bicyclic) bond motifs is 1. The second-order valence-electron chi connectivity index (χ2n) is 13.4. The summed E-state index contributed by atoms with van der Waals surface area (Å²) in [6.45, 7) is 4.35. The maximum atomic E-state index is 13.4. The molecule has 2 atom stereocenters. The summed E-state index contributed by atoms with van der Waals surface area (Å²) in [5.74, 6) is -2.27. The molecule has 0 aliphatic heterocycles. The molecule has 0 radical (unpaired) electrons. The summed E-state index contributed by atoms with van der Waals surface area (Å²) in [5, 5.41) is 0. The monoisotopic (exact) mass is 724 g/mol. The summed E-state index contributed by atoms with van der Waals surface area (Å²) in [7, 11) is 0. The van der Waals surface area contributed by atoms with Crippen LogP contribution in [-0.2, 0) is 31.9 Å². The average Bonchev–Trinajstić information content (AvgIpc) is 3.13. The molecule has 2 unspecified atom stereocenters. The van der Waals surface area contributed by atoms with Gasteiger partial charge in [-0.2, -0.15) is 13.2 Å². The van der Waals surface area contributed by atoms with Crippen LogP contribution in [0.1, 0.15) is 112 Å². The number of esters is 3. The lowest BCUT2D eigenvalue weighted by molar-refractivity contribution is -0.226. The first-order valence-corrected chi connectivity index (χ1v) is 18.7. The lowest BCUT2D eigenvalue weighted by Crippen LogP contribution is -2.38. The Morgan fingerprint density at radius 3 is 1.96 bits per heavy atom. The van der Waals surface area contributed by atoms with E-state index in [0.29, 0.717) is 24.3 Å². The minimum atomic E-state index is -4.90. The van der Waals surface area contributed by atoms with Gasteiger partial charge in [0.1, 0.15) is 11.5 Å². The highest BCUT2D eigenvalue weighted by molar-refractivity contribution is 5.91. The maximum Gasteiger partial charge on any atom is 0.426 e. The number of hydrogen-bond donors (Lipinski definition) is 0. The third-order valence-corrected chi connectivity index (χ3v) is 9.31. The molecule has 0 saturated heterocycles. The molecule has 0 saturated carbocycles. The van der Waals surface area contributed by atoms with Crippen molar-refractivity contribution in [1.29, 1.82) is 0 Å². The zero-order chi connectivity index (χ0) is 37.3. The summed E-state index contributed by atoms with van der Waals surface area (Å²) in [6, 6.07) is 20.0. The third-order valence-electron chi connectivity index (χ3n) is 9.31. The minimum absolute atomic E-state index is 0.0780. The van der Waals surface area contributed by atoms with Crippen LogP contribution in [0, 0.1) is 5.92 Å². The van der Waals surface area contributed by atoms with Crippen molar-refractivity contribution in [1.82, 2.24) is 0 Å². The van der Waals surface area contributed by atoms with Crippen LogP contribution in [-0.4, -0.2) is 43.4 Å². The van der Waals surface area contributed by atoms with Gasteiger partial charge >= 0.3 is 24.1 Å². The van der Waals surface area contributed by atoms with Crippen LogP contribution in [0.15, 0.2) is 66.7 Å². The number of rotatable bonds is 20. The van der Waals surface area contributed by atoms with Crippen LogP contribution in [0.5, 0.6) is 11.5 Å². The zero-order valence-electron chi connectivity index (χ0n) is 30.3. The van der Waals surface area contributed by atoms with E-state index in [1.807, 2.05) is 36.4 Å². The van der Waals surface area contributed by atoms with Gasteiger partial charge in [-0.25, -0.2) is 4.79 Å². The highest BCUT2D eigenvalue weighted by atomic mass is 19.4. The van der Waals surface area contributed by atoms with Gasteiger partial charge in [0, 0.05) is 0 Å². The molecular formula is C42H51F3O7. The van der Waals surface area contributed by atoms with E-state index in [2.05, 4.69) is 11.7 Å². The van der Waals surface area contributed by atoms with Gasteiger partial charge in [-0.1, -0.05) is 95.0 Å². The summed E-state index contributed by atoms with van der Waals surface area (Å²) in [4.78, 5) is 37.2. The molecule has 0 bridgehead atoms. The molecule has 0 aromatic heterocycles. The number of ether oxygens (including phenoxy) is 4. The Morgan fingerprint density at radius 1 is 0.750 bits per heavy atom. The summed E-state index contributed by atoms with van der Waals surface area (Å²) < 4.78 is 61.2. The topological polar surface area (TPSA) is 88.1 Å². The Labute approximate surface area is 305 Å². The molecule has 4 rings (SSSR count). The van der Waals surface area contributed by atoms with Crippen molar-refractivity contribution in [2.24, 2.45) is 5.92 Å². The van der Waals surface area contributed by atoms with Crippen molar-refractivity contribution in [3.05, 3.63) is 83.4 Å². The van der Waals surface area contributed by atoms with Crippen molar-refractivity contribution < 1.29 is 46.5 Å². The normalized spacial score (nSPS) is 14.6. The first kappa shape index (κ1) is 40.4. The number of aryl methyl sites for hydroxylation is 1. The van der Waals surface area contributed by atoms with E-state index in [4.69, 9.17) is 14.2 Å². The molecule has 0 fully saturated rings. The molecule has 0 heterocycles. The second-order valence-corrected chi connectivity index (χ2v) is 13.4. The highest BCUT2D eigenvalue weighted by Crippen LogP contribution is 2.32. The molecule has 282 valence electrons. The number of benzene rings is 3. The van der Waals surface area contributed by atoms with Gasteiger partial charge in [0.2, 0.25) is 6.10 Å². The van der Waals surface area contributed by atoms with Gasteiger partial charge in [0.05, 0.1) is 31.1 Å². The number of unbranched alkanes of at least 4 members (excludes halogenated alkanes) is 9. The number of halogens is 3. The Hall–Kier alpha value is -4.34. The molecule has 0 spiro atoms. The van der Waals surface area contributed by atoms with Crippen molar-refractivity contribution in [2.45, 2.75) is 116 Å². The Kier molecular flexibility index (Phi) is 16.0. The molecule has 0 N–H and O–H groups in total. The number of carbonyl (C=O) groups is 3. The predicted molar refractivity (Wildman–Crippen MR) is 193 cm³/mol. The van der Waals surface area contributed by atoms with Crippen LogP contribution >= 0.6 is 0 Å². The molecular weight excluding hydrogens is 673 g/mol. The van der Waals surface area contributed by atoms with E-state index in [0.717, 1.165) is 34.4 Å². The van der Waals surface area contributed by atoms with Crippen molar-refractivity contribution in [2.75, 3.05) is 13.2 Å². The standard InChI is InChI=1S/C42H51F3O7/c1-3-5-6-7-8-9-10-11-12-13-26-50-36-23-20-31(21-24-36)30-14-16-32(17-15-30)40(47)51-37-25-22-33-27-35(19-18-34(33)28-37)41(48)52-38(42(43,44)45)29-39(46)49-4-2/h14-17,20-25,28,35,38H,3-13,18-19,26-27,29H2,1-2H3. The highest BCUT2D eigenvalue weighted by Gasteiger charge is 2.45. The Bertz CT molecular complexity index is 1570. The fraction of sp³-hybridized carbons (Fsp3) is 0.500. The number of hydrogen-bond acceptors (Lipinski definition) is 7. The summed E-state index contributed by atoms with van der Waals surface area (Å²) in [6.07, 6.45) is 5.09. The maximum absolute atomic E-state index is 13.4. The Morgan fingerprint density at radius 2 is 1.35 bits per heavy atom. The van der Waals surface area contributed by atoms with Gasteiger partial charge in [-0.05, 0) is 91.3 Å². The van der Waals surface area contributed by atoms with Crippen LogP contribution in [0.4, 0.5) is 13.2 Å². The first-order valence-electron chi connectivity index (χ1n) is 18.7. The van der Waals surface area contributed by atoms with E-state index < -0.39 is 42.5 Å². The van der Waals surface area contributed by atoms with Crippen molar-refractivity contribution in [3.63, 3.8) is 0 Å². The second kappa shape index (κ2) is 20.6. The van der Waals surface area contributed by atoms with Crippen LogP contribution in [0.3, 0.4) is 0 Å². The Balaban J connectivity index is 1.21. The predicted octanol–water partition coefficient (Wildman–Crippen LogP) is 10.4. The molecule has 10 heteroatoms. The van der Waals surface area contributed by atoms with Gasteiger partial charge in [0.25, 0.3) is 0 Å². The molecule has 7 nitrogen and oxygen atoms in total. The van der Waals surface area contributed by atoms with Crippen LogP contribution in [0.2, 0.25) is 0 Å². The molecule has 3 aromatic rings. The largest absolute Gasteiger partial charge is 0.494 e. The smallest absolute Gasteiger partial charge is 0.426 e. The van der Waals surface area contributed by atoms with Gasteiger partial charge in [0.15, 0.2) is 0 Å². The van der Waals surface area contributed by atoms with Gasteiger partial charge in [-0.3, -0.25) is 9.59 Å². The van der Waals surface area contributed by atoms with Crippen LogP contribution in [0.25, 0.3) is 11.1 Å². The average molecular weight is 725 g/mol. The zero-order valence-corrected chi connectivity index (χ0v) is 30.3. The van der Waals surface area contributed by atoms with Crippen molar-refractivity contribution >= 4 is 17.9 Å². The summed E-state index contributed by atoms with van der Waals surface area (Å²) in [5.41, 5.74) is 3.90.